The summed E-state index contributed by atoms with van der Waals surface area (Å²) in [6, 6.07) is 8.05. The summed E-state index contributed by atoms with van der Waals surface area (Å²) in [5, 5.41) is 10.2. The van der Waals surface area contributed by atoms with Crippen LogP contribution in [0.25, 0.3) is 10.9 Å². The molecule has 2 aromatic rings. The monoisotopic (exact) mass is 245 g/mol. The molecule has 1 aromatic carbocycles. The van der Waals surface area contributed by atoms with Crippen molar-refractivity contribution in [2.24, 2.45) is 0 Å². The van der Waals surface area contributed by atoms with Crippen molar-refractivity contribution >= 4 is 16.9 Å². The number of H-pyrrole nitrogens is 1. The van der Waals surface area contributed by atoms with Gasteiger partial charge in [0.25, 0.3) is 0 Å². The van der Waals surface area contributed by atoms with E-state index in [0.29, 0.717) is 6.61 Å². The van der Waals surface area contributed by atoms with Crippen LogP contribution < -0.4 is 0 Å². The van der Waals surface area contributed by atoms with E-state index in [4.69, 9.17) is 9.84 Å². The largest absolute Gasteiger partial charge is 0.481 e. The van der Waals surface area contributed by atoms with Crippen molar-refractivity contribution in [1.82, 2.24) is 4.98 Å². The second kappa shape index (κ2) is 3.85. The van der Waals surface area contributed by atoms with Crippen LogP contribution >= 0.6 is 0 Å². The van der Waals surface area contributed by atoms with Crippen LogP contribution in [-0.2, 0) is 21.6 Å². The lowest BCUT2D eigenvalue weighted by Gasteiger charge is -2.32. The summed E-state index contributed by atoms with van der Waals surface area (Å²) < 4.78 is 5.72. The number of para-hydroxylation sites is 1. The van der Waals surface area contributed by atoms with Crippen LogP contribution in [0, 0.1) is 0 Å². The van der Waals surface area contributed by atoms with Gasteiger partial charge in [-0.3, -0.25) is 4.79 Å². The van der Waals surface area contributed by atoms with E-state index in [9.17, 15) is 4.79 Å². The minimum atomic E-state index is -0.844. The van der Waals surface area contributed by atoms with E-state index in [2.05, 4.69) is 11.1 Å². The highest BCUT2D eigenvalue weighted by molar-refractivity contribution is 5.85. The third-order valence-electron chi connectivity index (χ3n) is 3.60. The molecule has 0 amide bonds. The zero-order valence-electron chi connectivity index (χ0n) is 10.2. The fourth-order valence-corrected chi connectivity index (χ4v) is 2.79. The smallest absolute Gasteiger partial charge is 0.306 e. The van der Waals surface area contributed by atoms with E-state index < -0.39 is 11.6 Å². The molecule has 18 heavy (non-hydrogen) atoms. The summed E-state index contributed by atoms with van der Waals surface area (Å²) in [5.41, 5.74) is 2.40. The SMILES string of the molecule is C[C@]1(CC(=O)O)OCCc2c1[nH]c1ccccc21. The van der Waals surface area contributed by atoms with Crippen molar-refractivity contribution in [3.05, 3.63) is 35.5 Å². The van der Waals surface area contributed by atoms with Crippen LogP contribution in [0.5, 0.6) is 0 Å². The molecule has 3 rings (SSSR count). The summed E-state index contributed by atoms with van der Waals surface area (Å²) in [6.45, 7) is 2.41. The second-order valence-corrected chi connectivity index (χ2v) is 4.92. The zero-order valence-corrected chi connectivity index (χ0v) is 10.2. The second-order valence-electron chi connectivity index (χ2n) is 4.92. The Balaban J connectivity index is 2.18. The van der Waals surface area contributed by atoms with E-state index in [-0.39, 0.29) is 6.42 Å². The number of carboxylic acid groups (broad SMARTS) is 1. The molecule has 4 heteroatoms. The fourth-order valence-electron chi connectivity index (χ4n) is 2.79. The highest BCUT2D eigenvalue weighted by Crippen LogP contribution is 2.38. The zero-order chi connectivity index (χ0) is 12.8. The predicted molar refractivity (Wildman–Crippen MR) is 67.6 cm³/mol. The number of carboxylic acids is 1. The number of rotatable bonds is 2. The van der Waals surface area contributed by atoms with Crippen LogP contribution in [0.3, 0.4) is 0 Å². The highest BCUT2D eigenvalue weighted by Gasteiger charge is 2.37. The Morgan fingerprint density at radius 1 is 1.50 bits per heavy atom. The van der Waals surface area contributed by atoms with Crippen molar-refractivity contribution in [2.45, 2.75) is 25.4 Å². The van der Waals surface area contributed by atoms with Gasteiger partial charge in [0.1, 0.15) is 5.60 Å². The predicted octanol–water partition coefficient (Wildman–Crippen LogP) is 2.43. The number of hydrogen-bond donors (Lipinski definition) is 2. The quantitative estimate of drug-likeness (QED) is 0.854. The van der Waals surface area contributed by atoms with Crippen molar-refractivity contribution < 1.29 is 14.6 Å². The van der Waals surface area contributed by atoms with Crippen LogP contribution in [0.15, 0.2) is 24.3 Å². The summed E-state index contributed by atoms with van der Waals surface area (Å²) in [6.07, 6.45) is 0.807. The van der Waals surface area contributed by atoms with Crippen LogP contribution in [-0.4, -0.2) is 22.7 Å². The third kappa shape index (κ3) is 1.61. The number of aromatic nitrogens is 1. The van der Waals surface area contributed by atoms with Gasteiger partial charge in [-0.15, -0.1) is 0 Å². The van der Waals surface area contributed by atoms with Gasteiger partial charge in [0.2, 0.25) is 0 Å². The average Bonchev–Trinajstić information content (AvgIpc) is 2.69. The standard InChI is InChI=1S/C14H15NO3/c1-14(8-12(16)17)13-10(6-7-18-14)9-4-2-3-5-11(9)15-13/h2-5,15H,6-8H2,1H3,(H,16,17)/t14-/m1/s1. The molecule has 1 aliphatic rings. The number of aliphatic carboxylic acids is 1. The fraction of sp³-hybridized carbons (Fsp3) is 0.357. The third-order valence-corrected chi connectivity index (χ3v) is 3.60. The Hall–Kier alpha value is -1.81. The highest BCUT2D eigenvalue weighted by atomic mass is 16.5. The van der Waals surface area contributed by atoms with E-state index in [1.807, 2.05) is 25.1 Å². The first kappa shape index (κ1) is 11.3. The molecule has 94 valence electrons. The van der Waals surface area contributed by atoms with Gasteiger partial charge in [0.05, 0.1) is 18.7 Å². The normalized spacial score (nSPS) is 22.9. The van der Waals surface area contributed by atoms with E-state index in [0.717, 1.165) is 17.6 Å². The minimum Gasteiger partial charge on any atom is -0.481 e. The molecule has 2 N–H and O–H groups in total. The van der Waals surface area contributed by atoms with Crippen molar-refractivity contribution in [3.63, 3.8) is 0 Å². The molecule has 0 radical (unpaired) electrons. The Morgan fingerprint density at radius 3 is 3.06 bits per heavy atom. The van der Waals surface area contributed by atoms with Gasteiger partial charge in [-0.2, -0.15) is 0 Å². The lowest BCUT2D eigenvalue weighted by molar-refractivity contribution is -0.146. The molecule has 0 saturated heterocycles. The molecule has 1 aliphatic heterocycles. The van der Waals surface area contributed by atoms with Crippen LogP contribution in [0.4, 0.5) is 0 Å². The van der Waals surface area contributed by atoms with Crippen LogP contribution in [0.1, 0.15) is 24.6 Å². The minimum absolute atomic E-state index is 0.0210. The molecule has 0 spiro atoms. The molecule has 2 heterocycles. The average molecular weight is 245 g/mol. The van der Waals surface area contributed by atoms with Crippen LogP contribution in [0.2, 0.25) is 0 Å². The number of ether oxygens (including phenoxy) is 1. The summed E-state index contributed by atoms with van der Waals surface area (Å²) in [7, 11) is 0. The number of benzene rings is 1. The maximum absolute atomic E-state index is 11.0. The molecule has 0 bridgehead atoms. The molecule has 0 saturated carbocycles. The van der Waals surface area contributed by atoms with Gasteiger partial charge < -0.3 is 14.8 Å². The Morgan fingerprint density at radius 2 is 2.28 bits per heavy atom. The Labute approximate surface area is 105 Å². The van der Waals surface area contributed by atoms with E-state index >= 15 is 0 Å². The summed E-state index contributed by atoms with van der Waals surface area (Å²) >= 11 is 0. The first-order valence-electron chi connectivity index (χ1n) is 6.06. The Bertz CT molecular complexity index is 617. The molecule has 1 aromatic heterocycles. The topological polar surface area (TPSA) is 62.3 Å². The summed E-state index contributed by atoms with van der Waals surface area (Å²) in [4.78, 5) is 14.3. The maximum atomic E-state index is 11.0. The van der Waals surface area contributed by atoms with Crippen molar-refractivity contribution in [1.29, 1.82) is 0 Å². The molecule has 0 fully saturated rings. The molecular formula is C14H15NO3. The molecule has 4 nitrogen and oxygen atoms in total. The summed E-state index contributed by atoms with van der Waals surface area (Å²) in [5.74, 6) is -0.844. The lowest BCUT2D eigenvalue weighted by atomic mass is 9.90. The van der Waals surface area contributed by atoms with Crippen molar-refractivity contribution in [3.8, 4) is 0 Å². The van der Waals surface area contributed by atoms with Crippen molar-refractivity contribution in [2.75, 3.05) is 6.61 Å². The lowest BCUT2D eigenvalue weighted by Crippen LogP contribution is -2.34. The number of fused-ring (bicyclic) bond motifs is 3. The van der Waals surface area contributed by atoms with E-state index in [1.54, 1.807) is 0 Å². The molecular weight excluding hydrogens is 230 g/mol. The van der Waals surface area contributed by atoms with Gasteiger partial charge in [-0.05, 0) is 25.0 Å². The first-order chi connectivity index (χ1) is 8.60. The number of nitrogens with one attached hydrogen (secondary N) is 1. The number of aromatic amines is 1. The van der Waals surface area contributed by atoms with E-state index in [1.165, 1.54) is 10.9 Å². The maximum Gasteiger partial charge on any atom is 0.306 e. The first-order valence-corrected chi connectivity index (χ1v) is 6.06. The van der Waals surface area contributed by atoms with Gasteiger partial charge in [-0.1, -0.05) is 18.2 Å². The molecule has 0 unspecified atom stereocenters. The molecule has 0 aliphatic carbocycles. The number of carbonyl (C=O) groups is 1. The Kier molecular flexibility index (Phi) is 2.41. The van der Waals surface area contributed by atoms with Gasteiger partial charge in [0.15, 0.2) is 0 Å². The van der Waals surface area contributed by atoms with Gasteiger partial charge >= 0.3 is 5.97 Å². The number of hydrogen-bond acceptors (Lipinski definition) is 2. The van der Waals surface area contributed by atoms with Gasteiger partial charge in [-0.25, -0.2) is 0 Å². The molecule has 1 atom stereocenters. The van der Waals surface area contributed by atoms with Gasteiger partial charge in [0, 0.05) is 10.9 Å².